The number of hydrogen-bond donors (Lipinski definition) is 2. The molecule has 118 valence electrons. The molecule has 1 aromatic rings. The molecule has 0 amide bonds. The first-order valence-corrected chi connectivity index (χ1v) is 8.81. The SMILES string of the molecule is CC(C)NS(=O)(=O)c1ccc(N2CCNCC2(C)C)cc1. The number of nitrogens with one attached hydrogen (secondary N) is 2. The van der Waals surface area contributed by atoms with Gasteiger partial charge in [-0.05, 0) is 52.0 Å². The molecular weight excluding hydrogens is 286 g/mol. The second kappa shape index (κ2) is 5.94. The van der Waals surface area contributed by atoms with E-state index in [1.54, 1.807) is 12.1 Å². The molecule has 1 heterocycles. The number of anilines is 1. The minimum atomic E-state index is -3.42. The molecule has 0 unspecified atom stereocenters. The minimum Gasteiger partial charge on any atom is -0.364 e. The van der Waals surface area contributed by atoms with Crippen LogP contribution in [0.3, 0.4) is 0 Å². The molecule has 1 aliphatic heterocycles. The number of sulfonamides is 1. The lowest BCUT2D eigenvalue weighted by molar-refractivity contribution is 0.380. The van der Waals surface area contributed by atoms with Gasteiger partial charge < -0.3 is 10.2 Å². The predicted molar refractivity (Wildman–Crippen MR) is 86.2 cm³/mol. The lowest BCUT2D eigenvalue weighted by Crippen LogP contribution is -2.58. The number of rotatable bonds is 4. The monoisotopic (exact) mass is 311 g/mol. The molecular formula is C15H25N3O2S. The van der Waals surface area contributed by atoms with Gasteiger partial charge in [0.1, 0.15) is 0 Å². The summed E-state index contributed by atoms with van der Waals surface area (Å²) >= 11 is 0. The molecule has 5 nitrogen and oxygen atoms in total. The van der Waals surface area contributed by atoms with Crippen molar-refractivity contribution in [1.82, 2.24) is 10.0 Å². The van der Waals surface area contributed by atoms with Crippen molar-refractivity contribution in [2.75, 3.05) is 24.5 Å². The Hall–Kier alpha value is -1.11. The van der Waals surface area contributed by atoms with Gasteiger partial charge in [0.15, 0.2) is 0 Å². The predicted octanol–water partition coefficient (Wildman–Crippen LogP) is 1.56. The van der Waals surface area contributed by atoms with E-state index < -0.39 is 10.0 Å². The van der Waals surface area contributed by atoms with Gasteiger partial charge in [0, 0.05) is 36.9 Å². The van der Waals surface area contributed by atoms with Crippen LogP contribution in [-0.2, 0) is 10.0 Å². The van der Waals surface area contributed by atoms with Crippen LogP contribution in [0, 0.1) is 0 Å². The molecule has 0 aromatic heterocycles. The second-order valence-electron chi connectivity index (χ2n) is 6.41. The first kappa shape index (κ1) is 16.3. The zero-order valence-electron chi connectivity index (χ0n) is 13.2. The van der Waals surface area contributed by atoms with Crippen molar-refractivity contribution in [3.05, 3.63) is 24.3 Å². The van der Waals surface area contributed by atoms with Gasteiger partial charge in [0.25, 0.3) is 0 Å². The highest BCUT2D eigenvalue weighted by molar-refractivity contribution is 7.89. The summed E-state index contributed by atoms with van der Waals surface area (Å²) in [4.78, 5) is 2.63. The van der Waals surface area contributed by atoms with Gasteiger partial charge in [-0.25, -0.2) is 13.1 Å². The molecule has 0 bridgehead atoms. The van der Waals surface area contributed by atoms with Crippen molar-refractivity contribution >= 4 is 15.7 Å². The third kappa shape index (κ3) is 3.75. The minimum absolute atomic E-state index is 0.0226. The molecule has 1 fully saturated rings. The fourth-order valence-corrected chi connectivity index (χ4v) is 3.90. The second-order valence-corrected chi connectivity index (χ2v) is 8.12. The molecule has 0 atom stereocenters. The lowest BCUT2D eigenvalue weighted by Gasteiger charge is -2.44. The molecule has 0 aliphatic carbocycles. The number of piperazine rings is 1. The normalized spacial score (nSPS) is 19.0. The van der Waals surface area contributed by atoms with Crippen LogP contribution >= 0.6 is 0 Å². The molecule has 21 heavy (non-hydrogen) atoms. The van der Waals surface area contributed by atoms with E-state index in [-0.39, 0.29) is 11.6 Å². The first-order valence-electron chi connectivity index (χ1n) is 7.33. The van der Waals surface area contributed by atoms with Gasteiger partial charge in [0.2, 0.25) is 10.0 Å². The van der Waals surface area contributed by atoms with Crippen LogP contribution in [0.25, 0.3) is 0 Å². The van der Waals surface area contributed by atoms with Gasteiger partial charge >= 0.3 is 0 Å². The summed E-state index contributed by atoms with van der Waals surface area (Å²) < 4.78 is 26.8. The molecule has 1 aromatic carbocycles. The van der Waals surface area contributed by atoms with E-state index in [2.05, 4.69) is 28.8 Å². The molecule has 6 heteroatoms. The molecule has 0 radical (unpaired) electrons. The van der Waals surface area contributed by atoms with Crippen molar-refractivity contribution < 1.29 is 8.42 Å². The van der Waals surface area contributed by atoms with Crippen LogP contribution in [0.5, 0.6) is 0 Å². The summed E-state index contributed by atoms with van der Waals surface area (Å²) in [5.74, 6) is 0. The van der Waals surface area contributed by atoms with Gasteiger partial charge in [0.05, 0.1) is 4.90 Å². The summed E-state index contributed by atoms with van der Waals surface area (Å²) in [6.45, 7) is 10.8. The summed E-state index contributed by atoms with van der Waals surface area (Å²) in [5, 5.41) is 3.38. The molecule has 0 spiro atoms. The van der Waals surface area contributed by atoms with E-state index in [4.69, 9.17) is 0 Å². The Bertz CT molecular complexity index is 579. The maximum absolute atomic E-state index is 12.1. The summed E-state index contributed by atoms with van der Waals surface area (Å²) in [5.41, 5.74) is 1.08. The maximum atomic E-state index is 12.1. The molecule has 1 aliphatic rings. The van der Waals surface area contributed by atoms with Crippen molar-refractivity contribution in [1.29, 1.82) is 0 Å². The Labute approximate surface area is 127 Å². The number of benzene rings is 1. The van der Waals surface area contributed by atoms with Crippen molar-refractivity contribution in [3.63, 3.8) is 0 Å². The van der Waals surface area contributed by atoms with E-state index in [1.807, 2.05) is 26.0 Å². The van der Waals surface area contributed by atoms with Crippen LogP contribution in [0.15, 0.2) is 29.2 Å². The highest BCUT2D eigenvalue weighted by Crippen LogP contribution is 2.26. The Morgan fingerprint density at radius 2 is 1.86 bits per heavy atom. The van der Waals surface area contributed by atoms with Gasteiger partial charge in [-0.2, -0.15) is 0 Å². The first-order chi connectivity index (χ1) is 9.72. The summed E-state index contributed by atoms with van der Waals surface area (Å²) in [6, 6.07) is 7.03. The zero-order chi connectivity index (χ0) is 15.7. The average molecular weight is 311 g/mol. The largest absolute Gasteiger partial charge is 0.364 e. The van der Waals surface area contributed by atoms with E-state index in [1.165, 1.54) is 0 Å². The number of hydrogen-bond acceptors (Lipinski definition) is 4. The third-order valence-electron chi connectivity index (χ3n) is 3.65. The van der Waals surface area contributed by atoms with Crippen molar-refractivity contribution in [2.45, 2.75) is 44.2 Å². The van der Waals surface area contributed by atoms with E-state index in [0.29, 0.717) is 4.90 Å². The van der Waals surface area contributed by atoms with Crippen LogP contribution in [-0.4, -0.2) is 39.6 Å². The Balaban J connectivity index is 2.23. The summed E-state index contributed by atoms with van der Waals surface area (Å²) in [7, 11) is -3.42. The van der Waals surface area contributed by atoms with Crippen molar-refractivity contribution in [3.8, 4) is 0 Å². The highest BCUT2D eigenvalue weighted by atomic mass is 32.2. The molecule has 2 N–H and O–H groups in total. The van der Waals surface area contributed by atoms with Crippen LogP contribution in [0.4, 0.5) is 5.69 Å². The topological polar surface area (TPSA) is 61.4 Å². The Morgan fingerprint density at radius 3 is 2.38 bits per heavy atom. The van der Waals surface area contributed by atoms with Crippen molar-refractivity contribution in [2.24, 2.45) is 0 Å². The molecule has 0 saturated carbocycles. The fraction of sp³-hybridized carbons (Fsp3) is 0.600. The standard InChI is InChI=1S/C15H25N3O2S/c1-12(2)17-21(19,20)14-7-5-13(6-8-14)18-10-9-16-11-15(18,3)4/h5-8,12,16-17H,9-11H2,1-4H3. The Morgan fingerprint density at radius 1 is 1.24 bits per heavy atom. The average Bonchev–Trinajstić information content (AvgIpc) is 2.37. The van der Waals surface area contributed by atoms with Gasteiger partial charge in [-0.15, -0.1) is 0 Å². The van der Waals surface area contributed by atoms with Gasteiger partial charge in [-0.3, -0.25) is 0 Å². The molecule has 2 rings (SSSR count). The smallest absolute Gasteiger partial charge is 0.240 e. The zero-order valence-corrected chi connectivity index (χ0v) is 14.0. The van der Waals surface area contributed by atoms with Crippen LogP contribution in [0.2, 0.25) is 0 Å². The van der Waals surface area contributed by atoms with Crippen LogP contribution in [0.1, 0.15) is 27.7 Å². The summed E-state index contributed by atoms with van der Waals surface area (Å²) in [6.07, 6.45) is 0. The van der Waals surface area contributed by atoms with Gasteiger partial charge in [-0.1, -0.05) is 0 Å². The maximum Gasteiger partial charge on any atom is 0.240 e. The molecule has 1 saturated heterocycles. The number of nitrogens with zero attached hydrogens (tertiary/aromatic N) is 1. The van der Waals surface area contributed by atoms with E-state index in [0.717, 1.165) is 25.3 Å². The Kier molecular flexibility index (Phi) is 4.60. The van der Waals surface area contributed by atoms with Crippen LogP contribution < -0.4 is 14.9 Å². The third-order valence-corrected chi connectivity index (χ3v) is 5.32. The lowest BCUT2D eigenvalue weighted by atomic mass is 9.99. The fourth-order valence-electron chi connectivity index (χ4n) is 2.65. The quantitative estimate of drug-likeness (QED) is 0.886. The highest BCUT2D eigenvalue weighted by Gasteiger charge is 2.29. The van der Waals surface area contributed by atoms with E-state index >= 15 is 0 Å². The van der Waals surface area contributed by atoms with E-state index in [9.17, 15) is 8.42 Å².